The number of ether oxygens (including phenoxy) is 1. The maximum atomic E-state index is 13.2. The van der Waals surface area contributed by atoms with Crippen molar-refractivity contribution in [3.63, 3.8) is 0 Å². The molecule has 17 heavy (non-hydrogen) atoms. The normalized spacial score (nSPS) is 17.8. The van der Waals surface area contributed by atoms with Crippen molar-refractivity contribution >= 4 is 0 Å². The summed E-state index contributed by atoms with van der Waals surface area (Å²) in [5.74, 6) is -2.29. The summed E-state index contributed by atoms with van der Waals surface area (Å²) < 4.78 is 19.2. The molecule has 1 aliphatic rings. The molecule has 0 saturated heterocycles. The highest BCUT2D eigenvalue weighted by molar-refractivity contribution is 5.10. The van der Waals surface area contributed by atoms with E-state index in [1.807, 2.05) is 0 Å². The van der Waals surface area contributed by atoms with Crippen LogP contribution in [0.15, 0.2) is 9.59 Å². The topological polar surface area (TPSA) is 84.3 Å². The smallest absolute Gasteiger partial charge is 0.331 e. The van der Waals surface area contributed by atoms with Crippen molar-refractivity contribution in [3.8, 4) is 5.88 Å². The number of rotatable bonds is 3. The lowest BCUT2D eigenvalue weighted by Gasteiger charge is -2.40. The van der Waals surface area contributed by atoms with Crippen LogP contribution in [0.4, 0.5) is 4.39 Å². The lowest BCUT2D eigenvalue weighted by Crippen LogP contribution is -2.46. The van der Waals surface area contributed by atoms with E-state index >= 15 is 0 Å². The zero-order chi connectivity index (χ0) is 12.6. The first-order valence-corrected chi connectivity index (χ1v) is 5.26. The average Bonchev–Trinajstić information content (AvgIpc) is 2.24. The molecule has 0 amide bonds. The number of hydrogen-bond donors (Lipinski definition) is 2. The number of aromatic amines is 1. The second kappa shape index (κ2) is 3.99. The van der Waals surface area contributed by atoms with Gasteiger partial charge in [-0.2, -0.15) is 4.39 Å². The SMILES string of the molecule is COC1(Cn2c(O)c(F)c(=O)[nH]c2=O)CCC1. The van der Waals surface area contributed by atoms with Gasteiger partial charge in [-0.3, -0.25) is 14.3 Å². The minimum Gasteiger partial charge on any atom is -0.492 e. The summed E-state index contributed by atoms with van der Waals surface area (Å²) in [5.41, 5.74) is -2.60. The number of aromatic nitrogens is 2. The van der Waals surface area contributed by atoms with Crippen LogP contribution in [0.1, 0.15) is 19.3 Å². The fourth-order valence-corrected chi connectivity index (χ4v) is 1.97. The summed E-state index contributed by atoms with van der Waals surface area (Å²) in [5, 5.41) is 9.45. The fourth-order valence-electron chi connectivity index (χ4n) is 1.97. The predicted octanol–water partition coefficient (Wildman–Crippen LogP) is -0.0496. The molecule has 94 valence electrons. The third kappa shape index (κ3) is 1.86. The average molecular weight is 244 g/mol. The number of halogens is 1. The molecule has 1 saturated carbocycles. The van der Waals surface area contributed by atoms with E-state index in [0.29, 0.717) is 0 Å². The fraction of sp³-hybridized carbons (Fsp3) is 0.600. The van der Waals surface area contributed by atoms with Gasteiger partial charge >= 0.3 is 5.69 Å². The molecule has 2 rings (SSSR count). The maximum Gasteiger partial charge on any atom is 0.331 e. The van der Waals surface area contributed by atoms with Crippen molar-refractivity contribution in [3.05, 3.63) is 26.7 Å². The van der Waals surface area contributed by atoms with Crippen LogP contribution >= 0.6 is 0 Å². The van der Waals surface area contributed by atoms with E-state index in [9.17, 15) is 19.1 Å². The van der Waals surface area contributed by atoms with Gasteiger partial charge in [-0.05, 0) is 19.3 Å². The van der Waals surface area contributed by atoms with E-state index < -0.39 is 28.5 Å². The van der Waals surface area contributed by atoms with Crippen molar-refractivity contribution in [1.82, 2.24) is 9.55 Å². The zero-order valence-corrected chi connectivity index (χ0v) is 9.33. The van der Waals surface area contributed by atoms with E-state index in [1.165, 1.54) is 7.11 Å². The highest BCUT2D eigenvalue weighted by Crippen LogP contribution is 2.36. The molecule has 1 fully saturated rings. The summed E-state index contributed by atoms with van der Waals surface area (Å²) in [6, 6.07) is 0. The molecule has 1 aromatic heterocycles. The Balaban J connectivity index is 2.43. The largest absolute Gasteiger partial charge is 0.492 e. The van der Waals surface area contributed by atoms with Crippen LogP contribution in [0.3, 0.4) is 0 Å². The van der Waals surface area contributed by atoms with Crippen LogP contribution in [0.25, 0.3) is 0 Å². The molecule has 2 N–H and O–H groups in total. The monoisotopic (exact) mass is 244 g/mol. The van der Waals surface area contributed by atoms with Gasteiger partial charge in [0.2, 0.25) is 11.7 Å². The quantitative estimate of drug-likeness (QED) is 0.780. The molecule has 0 bridgehead atoms. The Bertz CT molecular complexity index is 539. The van der Waals surface area contributed by atoms with Gasteiger partial charge in [0.15, 0.2) is 0 Å². The van der Waals surface area contributed by atoms with Crippen LogP contribution in [0, 0.1) is 5.82 Å². The first-order chi connectivity index (χ1) is 7.99. The lowest BCUT2D eigenvalue weighted by atomic mass is 9.80. The first kappa shape index (κ1) is 11.8. The van der Waals surface area contributed by atoms with E-state index in [0.717, 1.165) is 23.8 Å². The van der Waals surface area contributed by atoms with Gasteiger partial charge in [-0.25, -0.2) is 4.79 Å². The molecular formula is C10H13FN2O4. The minimum atomic E-state index is -1.35. The number of methoxy groups -OCH3 is 1. The van der Waals surface area contributed by atoms with Gasteiger partial charge in [0.1, 0.15) is 0 Å². The summed E-state index contributed by atoms with van der Waals surface area (Å²) in [7, 11) is 1.50. The Morgan fingerprint density at radius 2 is 2.18 bits per heavy atom. The number of aromatic hydroxyl groups is 1. The molecule has 0 atom stereocenters. The number of nitrogens with one attached hydrogen (secondary N) is 1. The number of hydrogen-bond acceptors (Lipinski definition) is 4. The molecule has 0 radical (unpaired) electrons. The Labute approximate surface area is 95.7 Å². The third-order valence-corrected chi connectivity index (χ3v) is 3.26. The highest BCUT2D eigenvalue weighted by atomic mass is 19.1. The van der Waals surface area contributed by atoms with E-state index in [2.05, 4.69) is 0 Å². The minimum absolute atomic E-state index is 0.0296. The van der Waals surface area contributed by atoms with Gasteiger partial charge in [0.25, 0.3) is 5.56 Å². The summed E-state index contributed by atoms with van der Waals surface area (Å²) in [6.45, 7) is 0.0296. The van der Waals surface area contributed by atoms with Gasteiger partial charge in [-0.15, -0.1) is 0 Å². The number of nitrogens with zero attached hydrogens (tertiary/aromatic N) is 1. The van der Waals surface area contributed by atoms with Crippen molar-refractivity contribution in [2.24, 2.45) is 0 Å². The molecule has 1 heterocycles. The van der Waals surface area contributed by atoms with Gasteiger partial charge < -0.3 is 9.84 Å². The van der Waals surface area contributed by atoms with Gasteiger partial charge in [-0.1, -0.05) is 0 Å². The standard InChI is InChI=1S/C10H13FN2O4/c1-17-10(3-2-4-10)5-13-8(15)6(11)7(14)12-9(13)16/h15H,2-5H2,1H3,(H,12,14,16). The molecule has 0 unspecified atom stereocenters. The molecular weight excluding hydrogens is 231 g/mol. The van der Waals surface area contributed by atoms with Crippen LogP contribution in [-0.4, -0.2) is 27.4 Å². The zero-order valence-electron chi connectivity index (χ0n) is 9.33. The molecule has 0 aliphatic heterocycles. The van der Waals surface area contributed by atoms with Crippen LogP contribution in [0.5, 0.6) is 5.88 Å². The van der Waals surface area contributed by atoms with Gasteiger partial charge in [0.05, 0.1) is 12.1 Å². The van der Waals surface area contributed by atoms with Crippen LogP contribution in [0.2, 0.25) is 0 Å². The first-order valence-electron chi connectivity index (χ1n) is 5.26. The lowest BCUT2D eigenvalue weighted by molar-refractivity contribution is -0.0854. The van der Waals surface area contributed by atoms with E-state index in [1.54, 1.807) is 4.98 Å². The number of H-pyrrole nitrogens is 1. The molecule has 0 spiro atoms. The highest BCUT2D eigenvalue weighted by Gasteiger charge is 2.38. The van der Waals surface area contributed by atoms with Crippen LogP contribution < -0.4 is 11.2 Å². The van der Waals surface area contributed by atoms with E-state index in [4.69, 9.17) is 4.74 Å². The molecule has 1 aliphatic carbocycles. The summed E-state index contributed by atoms with van der Waals surface area (Å²) in [6.07, 6.45) is 2.42. The van der Waals surface area contributed by atoms with Crippen molar-refractivity contribution in [2.75, 3.05) is 7.11 Å². The van der Waals surface area contributed by atoms with Crippen molar-refractivity contribution in [1.29, 1.82) is 0 Å². The third-order valence-electron chi connectivity index (χ3n) is 3.26. The Hall–Kier alpha value is -1.63. The molecule has 1 aromatic rings. The summed E-state index contributed by atoms with van der Waals surface area (Å²) >= 11 is 0. The maximum absolute atomic E-state index is 13.2. The van der Waals surface area contributed by atoms with Crippen molar-refractivity contribution in [2.45, 2.75) is 31.4 Å². The molecule has 6 nitrogen and oxygen atoms in total. The van der Waals surface area contributed by atoms with E-state index in [-0.39, 0.29) is 6.54 Å². The van der Waals surface area contributed by atoms with Crippen LogP contribution in [-0.2, 0) is 11.3 Å². The Morgan fingerprint density at radius 3 is 2.65 bits per heavy atom. The second-order valence-electron chi connectivity index (χ2n) is 4.22. The van der Waals surface area contributed by atoms with Gasteiger partial charge in [0, 0.05) is 7.11 Å². The molecule has 7 heteroatoms. The Morgan fingerprint density at radius 1 is 1.53 bits per heavy atom. The van der Waals surface area contributed by atoms with Crippen molar-refractivity contribution < 1.29 is 14.2 Å². The Kier molecular flexibility index (Phi) is 2.78. The predicted molar refractivity (Wildman–Crippen MR) is 56.5 cm³/mol. The molecule has 0 aromatic carbocycles. The second-order valence-corrected chi connectivity index (χ2v) is 4.22. The summed E-state index contributed by atoms with van der Waals surface area (Å²) in [4.78, 5) is 24.2.